The fourth-order valence-electron chi connectivity index (χ4n) is 3.80. The Bertz CT molecular complexity index is 803. The van der Waals surface area contributed by atoms with E-state index in [1.165, 1.54) is 11.6 Å². The molecule has 1 atom stereocenters. The predicted octanol–water partition coefficient (Wildman–Crippen LogP) is 3.41. The summed E-state index contributed by atoms with van der Waals surface area (Å²) >= 11 is 0. The highest BCUT2D eigenvalue weighted by Crippen LogP contribution is 2.31. The van der Waals surface area contributed by atoms with Gasteiger partial charge in [-0.25, -0.2) is 13.8 Å². The van der Waals surface area contributed by atoms with Crippen molar-refractivity contribution in [3.05, 3.63) is 83.7 Å². The molecular formula is C21H24F2N4. The summed E-state index contributed by atoms with van der Waals surface area (Å²) in [6.07, 6.45) is 4.37. The van der Waals surface area contributed by atoms with Crippen LogP contribution in [-0.4, -0.2) is 53.0 Å². The molecule has 0 aromatic heterocycles. The van der Waals surface area contributed by atoms with E-state index in [9.17, 15) is 8.78 Å². The van der Waals surface area contributed by atoms with Gasteiger partial charge in [-0.05, 0) is 11.6 Å². The van der Waals surface area contributed by atoms with Crippen LogP contribution in [0.15, 0.2) is 60.9 Å². The molecule has 2 heterocycles. The van der Waals surface area contributed by atoms with Gasteiger partial charge in [0.2, 0.25) is 0 Å². The molecule has 0 radical (unpaired) electrons. The van der Waals surface area contributed by atoms with Crippen LogP contribution in [0.1, 0.15) is 17.3 Å². The van der Waals surface area contributed by atoms with Crippen LogP contribution in [0.4, 0.5) is 8.78 Å². The Morgan fingerprint density at radius 3 is 2.37 bits per heavy atom. The maximum atomic E-state index is 13.9. The number of nitrogens with zero attached hydrogens (tertiary/aromatic N) is 4. The normalized spacial score (nSPS) is 21.2. The third-order valence-corrected chi connectivity index (χ3v) is 5.27. The maximum absolute atomic E-state index is 13.9. The number of halogens is 2. The summed E-state index contributed by atoms with van der Waals surface area (Å²) < 4.78 is 27.0. The Labute approximate surface area is 158 Å². The summed E-state index contributed by atoms with van der Waals surface area (Å²) in [5, 5.41) is 4.63. The molecule has 4 nitrogen and oxygen atoms in total. The third-order valence-electron chi connectivity index (χ3n) is 5.27. The van der Waals surface area contributed by atoms with Gasteiger partial charge in [0.15, 0.2) is 0 Å². The highest BCUT2D eigenvalue weighted by atomic mass is 19.1. The molecule has 2 aromatic rings. The second-order valence-corrected chi connectivity index (χ2v) is 7.09. The van der Waals surface area contributed by atoms with Crippen molar-refractivity contribution < 1.29 is 8.78 Å². The van der Waals surface area contributed by atoms with E-state index in [1.54, 1.807) is 6.07 Å². The molecule has 0 N–H and O–H groups in total. The van der Waals surface area contributed by atoms with Gasteiger partial charge >= 0.3 is 0 Å². The molecule has 6 heteroatoms. The lowest BCUT2D eigenvalue weighted by molar-refractivity contribution is -0.0694. The molecule has 142 valence electrons. The van der Waals surface area contributed by atoms with Crippen molar-refractivity contribution in [3.63, 3.8) is 0 Å². The van der Waals surface area contributed by atoms with Gasteiger partial charge in [-0.3, -0.25) is 9.91 Å². The molecular weight excluding hydrogens is 346 g/mol. The molecule has 0 saturated carbocycles. The number of piperazine rings is 1. The van der Waals surface area contributed by atoms with Crippen molar-refractivity contribution in [1.29, 1.82) is 0 Å². The van der Waals surface area contributed by atoms with Crippen molar-refractivity contribution >= 4 is 0 Å². The zero-order chi connectivity index (χ0) is 18.8. The lowest BCUT2D eigenvalue weighted by Gasteiger charge is -2.43. The topological polar surface area (TPSA) is 13.0 Å². The van der Waals surface area contributed by atoms with Crippen LogP contribution in [0.5, 0.6) is 0 Å². The molecule has 0 amide bonds. The van der Waals surface area contributed by atoms with Crippen LogP contribution in [0.3, 0.4) is 0 Å². The average molecular weight is 370 g/mol. The first-order chi connectivity index (χ1) is 13.1. The van der Waals surface area contributed by atoms with Gasteiger partial charge in [-0.15, -0.1) is 0 Å². The Balaban J connectivity index is 1.39. The highest BCUT2D eigenvalue weighted by Gasteiger charge is 2.31. The highest BCUT2D eigenvalue weighted by molar-refractivity contribution is 5.21. The van der Waals surface area contributed by atoms with E-state index >= 15 is 0 Å². The lowest BCUT2D eigenvalue weighted by atomic mass is 10.1. The monoisotopic (exact) mass is 370 g/mol. The van der Waals surface area contributed by atoms with Crippen molar-refractivity contribution in [2.45, 2.75) is 12.7 Å². The molecule has 27 heavy (non-hydrogen) atoms. The third kappa shape index (κ3) is 3.82. The summed E-state index contributed by atoms with van der Waals surface area (Å²) in [7, 11) is 2.09. The largest absolute Gasteiger partial charge is 0.354 e. The number of benzene rings is 2. The number of hydrogen-bond acceptors (Lipinski definition) is 4. The van der Waals surface area contributed by atoms with Crippen LogP contribution in [-0.2, 0) is 6.54 Å². The summed E-state index contributed by atoms with van der Waals surface area (Å²) in [4.78, 5) is 4.42. The van der Waals surface area contributed by atoms with Gasteiger partial charge in [0, 0.05) is 63.8 Å². The van der Waals surface area contributed by atoms with E-state index in [0.29, 0.717) is 12.1 Å². The van der Waals surface area contributed by atoms with Gasteiger partial charge in [0.25, 0.3) is 0 Å². The van der Waals surface area contributed by atoms with Crippen molar-refractivity contribution in [2.24, 2.45) is 0 Å². The number of hydrazine groups is 1. The maximum Gasteiger partial charge on any atom is 0.141 e. The molecule has 0 bridgehead atoms. The van der Waals surface area contributed by atoms with Crippen molar-refractivity contribution in [3.8, 4) is 0 Å². The van der Waals surface area contributed by atoms with Gasteiger partial charge < -0.3 is 4.90 Å². The minimum absolute atomic E-state index is 0.160. The van der Waals surface area contributed by atoms with Crippen molar-refractivity contribution in [2.75, 3.05) is 33.2 Å². The molecule has 4 rings (SSSR count). The van der Waals surface area contributed by atoms with Crippen LogP contribution >= 0.6 is 0 Å². The standard InChI is InChI=1S/C21H24F2N4/c1-24-9-14-27(21(24)17-5-3-2-4-6-17)26-12-10-25(11-13-26)16-18-7-8-19(22)15-20(18)23/h2-9,14-15,21H,10-13,16H2,1H3. The Morgan fingerprint density at radius 1 is 0.926 bits per heavy atom. The smallest absolute Gasteiger partial charge is 0.141 e. The first-order valence-corrected chi connectivity index (χ1v) is 9.26. The van der Waals surface area contributed by atoms with Crippen LogP contribution in [0, 0.1) is 11.6 Å². The van der Waals surface area contributed by atoms with Gasteiger partial charge in [-0.2, -0.15) is 0 Å². The second kappa shape index (κ2) is 7.66. The summed E-state index contributed by atoms with van der Waals surface area (Å²) in [5.41, 5.74) is 1.80. The molecule has 1 saturated heterocycles. The predicted molar refractivity (Wildman–Crippen MR) is 101 cm³/mol. The molecule has 2 aliphatic heterocycles. The first kappa shape index (κ1) is 17.9. The Morgan fingerprint density at radius 2 is 1.67 bits per heavy atom. The van der Waals surface area contributed by atoms with Gasteiger partial charge in [0.1, 0.15) is 17.8 Å². The zero-order valence-electron chi connectivity index (χ0n) is 15.4. The minimum Gasteiger partial charge on any atom is -0.354 e. The molecule has 0 spiro atoms. The second-order valence-electron chi connectivity index (χ2n) is 7.09. The van der Waals surface area contributed by atoms with E-state index < -0.39 is 11.6 Å². The lowest BCUT2D eigenvalue weighted by Crippen LogP contribution is -2.52. The van der Waals surface area contributed by atoms with E-state index in [-0.39, 0.29) is 6.17 Å². The van der Waals surface area contributed by atoms with Crippen molar-refractivity contribution in [1.82, 2.24) is 19.8 Å². The number of hydrogen-bond donors (Lipinski definition) is 0. The van der Waals surface area contributed by atoms with Crippen LogP contribution < -0.4 is 0 Å². The van der Waals surface area contributed by atoms with E-state index in [2.05, 4.69) is 63.5 Å². The fourth-order valence-corrected chi connectivity index (χ4v) is 3.80. The van der Waals surface area contributed by atoms with Crippen LogP contribution in [0.2, 0.25) is 0 Å². The van der Waals surface area contributed by atoms with Gasteiger partial charge in [-0.1, -0.05) is 36.4 Å². The molecule has 1 fully saturated rings. The molecule has 2 aliphatic rings. The fraction of sp³-hybridized carbons (Fsp3) is 0.333. The van der Waals surface area contributed by atoms with E-state index in [4.69, 9.17) is 0 Å². The minimum atomic E-state index is -0.530. The molecule has 2 aromatic carbocycles. The number of rotatable bonds is 4. The van der Waals surface area contributed by atoms with E-state index in [1.807, 2.05) is 6.07 Å². The SMILES string of the molecule is CN1C=CN(N2CCN(Cc3ccc(F)cc3F)CC2)C1c1ccccc1. The van der Waals surface area contributed by atoms with Gasteiger partial charge in [0.05, 0.1) is 0 Å². The first-order valence-electron chi connectivity index (χ1n) is 9.26. The van der Waals surface area contributed by atoms with Crippen LogP contribution in [0.25, 0.3) is 0 Å². The Kier molecular flexibility index (Phi) is 5.09. The summed E-state index contributed by atoms with van der Waals surface area (Å²) in [6.45, 7) is 3.92. The molecule has 1 unspecified atom stereocenters. The summed E-state index contributed by atoms with van der Waals surface area (Å²) in [6, 6.07) is 14.3. The quantitative estimate of drug-likeness (QED) is 0.818. The molecule has 0 aliphatic carbocycles. The zero-order valence-corrected chi connectivity index (χ0v) is 15.4. The Hall–Kier alpha value is -2.44. The summed E-state index contributed by atoms with van der Waals surface area (Å²) in [5.74, 6) is -0.997. The van der Waals surface area contributed by atoms with E-state index in [0.717, 1.165) is 32.2 Å². The average Bonchev–Trinajstić information content (AvgIpc) is 3.07.